The first-order chi connectivity index (χ1) is 3.81. The molecule has 1 atom stereocenters. The fourth-order valence-corrected chi connectivity index (χ4v) is 0.272. The summed E-state index contributed by atoms with van der Waals surface area (Å²) in [4.78, 5) is 14.0. The molecule has 48 valence electrons. The van der Waals surface area contributed by atoms with Crippen molar-refractivity contribution in [3.63, 3.8) is 0 Å². The van der Waals surface area contributed by atoms with E-state index in [9.17, 15) is 4.79 Å². The molecule has 0 bridgehead atoms. The van der Waals surface area contributed by atoms with Crippen molar-refractivity contribution < 1.29 is 9.63 Å². The summed E-state index contributed by atoms with van der Waals surface area (Å²) >= 11 is 0. The SMILES string of the molecule is NOCC[C@H](N)C=O. The highest BCUT2D eigenvalue weighted by molar-refractivity contribution is 5.56. The van der Waals surface area contributed by atoms with E-state index in [0.29, 0.717) is 19.3 Å². The molecule has 0 aliphatic rings. The van der Waals surface area contributed by atoms with Crippen LogP contribution in [-0.2, 0) is 9.63 Å². The highest BCUT2D eigenvalue weighted by atomic mass is 16.6. The maximum atomic E-state index is 9.79. The molecule has 8 heavy (non-hydrogen) atoms. The summed E-state index contributed by atoms with van der Waals surface area (Å²) in [5.41, 5.74) is 5.16. The van der Waals surface area contributed by atoms with Crippen LogP contribution in [0.1, 0.15) is 6.42 Å². The van der Waals surface area contributed by atoms with Gasteiger partial charge in [0.2, 0.25) is 0 Å². The van der Waals surface area contributed by atoms with Gasteiger partial charge in [-0.25, -0.2) is 5.90 Å². The molecule has 0 saturated heterocycles. The van der Waals surface area contributed by atoms with Crippen molar-refractivity contribution in [3.8, 4) is 0 Å². The molecule has 0 aliphatic heterocycles. The van der Waals surface area contributed by atoms with Gasteiger partial charge in [-0.15, -0.1) is 0 Å². The van der Waals surface area contributed by atoms with Crippen molar-refractivity contribution in [2.75, 3.05) is 6.61 Å². The molecule has 0 aromatic heterocycles. The van der Waals surface area contributed by atoms with Crippen molar-refractivity contribution in [1.82, 2.24) is 0 Å². The molecule has 0 rings (SSSR count). The van der Waals surface area contributed by atoms with E-state index in [1.807, 2.05) is 0 Å². The lowest BCUT2D eigenvalue weighted by molar-refractivity contribution is -0.109. The summed E-state index contributed by atoms with van der Waals surface area (Å²) in [6.07, 6.45) is 1.15. The number of hydrogen-bond acceptors (Lipinski definition) is 4. The smallest absolute Gasteiger partial charge is 0.136 e. The lowest BCUT2D eigenvalue weighted by atomic mass is 10.3. The van der Waals surface area contributed by atoms with Crippen LogP contribution in [-0.4, -0.2) is 18.9 Å². The van der Waals surface area contributed by atoms with Gasteiger partial charge in [0.1, 0.15) is 6.29 Å². The molecule has 0 aliphatic carbocycles. The zero-order valence-corrected chi connectivity index (χ0v) is 4.54. The van der Waals surface area contributed by atoms with E-state index in [1.165, 1.54) is 0 Å². The minimum atomic E-state index is -0.432. The van der Waals surface area contributed by atoms with Crippen molar-refractivity contribution in [2.45, 2.75) is 12.5 Å². The lowest BCUT2D eigenvalue weighted by Gasteiger charge is -1.98. The van der Waals surface area contributed by atoms with Crippen molar-refractivity contribution in [3.05, 3.63) is 0 Å². The largest absolute Gasteiger partial charge is 0.322 e. The molecule has 0 spiro atoms. The van der Waals surface area contributed by atoms with Gasteiger partial charge >= 0.3 is 0 Å². The maximum absolute atomic E-state index is 9.79. The molecular weight excluding hydrogens is 108 g/mol. The number of carbonyl (C=O) groups excluding carboxylic acids is 1. The summed E-state index contributed by atoms with van der Waals surface area (Å²) < 4.78 is 0. The Labute approximate surface area is 47.7 Å². The third kappa shape index (κ3) is 3.73. The van der Waals surface area contributed by atoms with Gasteiger partial charge in [-0.1, -0.05) is 0 Å². The van der Waals surface area contributed by atoms with Crippen LogP contribution in [0.5, 0.6) is 0 Å². The first-order valence-electron chi connectivity index (χ1n) is 2.33. The fourth-order valence-electron chi connectivity index (χ4n) is 0.272. The average Bonchev–Trinajstić information content (AvgIpc) is 1.83. The van der Waals surface area contributed by atoms with E-state index in [0.717, 1.165) is 0 Å². The van der Waals surface area contributed by atoms with Crippen molar-refractivity contribution >= 4 is 6.29 Å². The third-order valence-electron chi connectivity index (χ3n) is 0.744. The standard InChI is InChI=1S/C4H10N2O2/c5-4(3-7)1-2-8-6/h3-4H,1-2,5-6H2/t4-/m0/s1. The number of carbonyl (C=O) groups is 1. The van der Waals surface area contributed by atoms with Crippen LogP contribution in [0, 0.1) is 0 Å². The molecule has 0 aromatic carbocycles. The minimum absolute atomic E-state index is 0.333. The Balaban J connectivity index is 2.98. The zero-order valence-electron chi connectivity index (χ0n) is 4.54. The molecule has 4 nitrogen and oxygen atoms in total. The van der Waals surface area contributed by atoms with Gasteiger partial charge in [0.15, 0.2) is 0 Å². The summed E-state index contributed by atoms with van der Waals surface area (Å²) in [5, 5.41) is 0. The molecule has 0 saturated carbocycles. The van der Waals surface area contributed by atoms with Gasteiger partial charge in [-0.05, 0) is 6.42 Å². The first-order valence-corrected chi connectivity index (χ1v) is 2.33. The van der Waals surface area contributed by atoms with Gasteiger partial charge in [0.25, 0.3) is 0 Å². The predicted octanol–water partition coefficient (Wildman–Crippen LogP) is -1.21. The number of hydrogen-bond donors (Lipinski definition) is 2. The highest BCUT2D eigenvalue weighted by Gasteiger charge is 1.96. The Morgan fingerprint density at radius 2 is 2.38 bits per heavy atom. The maximum Gasteiger partial charge on any atom is 0.136 e. The lowest BCUT2D eigenvalue weighted by Crippen LogP contribution is -2.23. The van der Waals surface area contributed by atoms with E-state index in [-0.39, 0.29) is 0 Å². The molecule has 0 aromatic rings. The van der Waals surface area contributed by atoms with Gasteiger partial charge in [0, 0.05) is 0 Å². The molecule has 0 radical (unpaired) electrons. The van der Waals surface area contributed by atoms with Crippen LogP contribution in [0.4, 0.5) is 0 Å². The van der Waals surface area contributed by atoms with Crippen LogP contribution in [0.2, 0.25) is 0 Å². The second-order valence-electron chi connectivity index (χ2n) is 1.46. The number of aldehydes is 1. The molecule has 0 amide bonds. The summed E-state index contributed by atoms with van der Waals surface area (Å²) in [7, 11) is 0. The quantitative estimate of drug-likeness (QED) is 0.359. The molecule has 0 heterocycles. The van der Waals surface area contributed by atoms with Crippen molar-refractivity contribution in [1.29, 1.82) is 0 Å². The van der Waals surface area contributed by atoms with Crippen LogP contribution in [0.25, 0.3) is 0 Å². The topological polar surface area (TPSA) is 78.3 Å². The van der Waals surface area contributed by atoms with Crippen LogP contribution in [0.15, 0.2) is 0 Å². The van der Waals surface area contributed by atoms with Crippen LogP contribution in [0.3, 0.4) is 0 Å². The Morgan fingerprint density at radius 3 is 2.75 bits per heavy atom. The minimum Gasteiger partial charge on any atom is -0.322 e. The average molecular weight is 118 g/mol. The molecule has 0 unspecified atom stereocenters. The van der Waals surface area contributed by atoms with E-state index < -0.39 is 6.04 Å². The monoisotopic (exact) mass is 118 g/mol. The Kier molecular flexibility index (Phi) is 4.44. The van der Waals surface area contributed by atoms with E-state index in [1.54, 1.807) is 0 Å². The van der Waals surface area contributed by atoms with Gasteiger partial charge in [-0.2, -0.15) is 0 Å². The van der Waals surface area contributed by atoms with Crippen LogP contribution < -0.4 is 11.6 Å². The summed E-state index contributed by atoms with van der Waals surface area (Å²) in [6, 6.07) is -0.432. The van der Waals surface area contributed by atoms with Gasteiger partial charge in [-0.3, -0.25) is 0 Å². The molecular formula is C4H10N2O2. The Hall–Kier alpha value is -0.450. The van der Waals surface area contributed by atoms with E-state index >= 15 is 0 Å². The second kappa shape index (κ2) is 4.70. The van der Waals surface area contributed by atoms with Crippen LogP contribution >= 0.6 is 0 Å². The molecule has 4 N–H and O–H groups in total. The predicted molar refractivity (Wildman–Crippen MR) is 28.8 cm³/mol. The highest BCUT2D eigenvalue weighted by Crippen LogP contribution is 1.80. The molecule has 4 heteroatoms. The Bertz CT molecular complexity index is 67.1. The Morgan fingerprint density at radius 1 is 1.75 bits per heavy atom. The first kappa shape index (κ1) is 7.55. The number of nitrogens with two attached hydrogens (primary N) is 2. The van der Waals surface area contributed by atoms with Crippen molar-refractivity contribution in [2.24, 2.45) is 11.6 Å². The molecule has 0 fully saturated rings. The van der Waals surface area contributed by atoms with E-state index in [2.05, 4.69) is 10.7 Å². The second-order valence-corrected chi connectivity index (χ2v) is 1.46. The third-order valence-corrected chi connectivity index (χ3v) is 0.744. The fraction of sp³-hybridized carbons (Fsp3) is 0.750. The number of rotatable bonds is 4. The summed E-state index contributed by atoms with van der Waals surface area (Å²) in [6.45, 7) is 0.333. The van der Waals surface area contributed by atoms with E-state index in [4.69, 9.17) is 5.73 Å². The summed E-state index contributed by atoms with van der Waals surface area (Å²) in [5.74, 6) is 4.66. The zero-order chi connectivity index (χ0) is 6.41. The normalized spacial score (nSPS) is 13.2. The van der Waals surface area contributed by atoms with Gasteiger partial charge in [0.05, 0.1) is 12.6 Å². The van der Waals surface area contributed by atoms with Gasteiger partial charge < -0.3 is 15.4 Å².